The van der Waals surface area contributed by atoms with E-state index in [0.717, 1.165) is 13.1 Å². The Hall–Kier alpha value is -0.860. The van der Waals surface area contributed by atoms with Crippen molar-refractivity contribution < 1.29 is 0 Å². The third kappa shape index (κ3) is 4.43. The van der Waals surface area contributed by atoms with Crippen LogP contribution in [0.4, 0.5) is 0 Å². The summed E-state index contributed by atoms with van der Waals surface area (Å²) in [5.74, 6) is 0.688. The van der Waals surface area contributed by atoms with Gasteiger partial charge in [0.25, 0.3) is 0 Å². The maximum absolute atomic E-state index is 3.58. The standard InChI is InChI=1S/C16H28N2/c1-6-17-16(15-10-8-7-9-11-15)12-18(5)14(4)13(2)3/h7-11,13-14,16-17H,6,12H2,1-5H3. The third-order valence-corrected chi connectivity index (χ3v) is 3.78. The van der Waals surface area contributed by atoms with Crippen molar-refractivity contribution in [3.05, 3.63) is 35.9 Å². The van der Waals surface area contributed by atoms with Crippen molar-refractivity contribution in [2.24, 2.45) is 5.92 Å². The van der Waals surface area contributed by atoms with Gasteiger partial charge in [0.05, 0.1) is 0 Å². The monoisotopic (exact) mass is 248 g/mol. The van der Waals surface area contributed by atoms with Gasteiger partial charge in [-0.2, -0.15) is 0 Å². The molecular weight excluding hydrogens is 220 g/mol. The van der Waals surface area contributed by atoms with E-state index in [9.17, 15) is 0 Å². The topological polar surface area (TPSA) is 15.3 Å². The molecule has 0 fully saturated rings. The van der Waals surface area contributed by atoms with Gasteiger partial charge in [-0.25, -0.2) is 0 Å². The van der Waals surface area contributed by atoms with Crippen molar-refractivity contribution in [3.63, 3.8) is 0 Å². The van der Waals surface area contributed by atoms with Crippen molar-refractivity contribution in [2.75, 3.05) is 20.1 Å². The van der Waals surface area contributed by atoms with Gasteiger partial charge >= 0.3 is 0 Å². The fourth-order valence-electron chi connectivity index (χ4n) is 2.18. The number of hydrogen-bond donors (Lipinski definition) is 1. The Morgan fingerprint density at radius 3 is 2.22 bits per heavy atom. The van der Waals surface area contributed by atoms with E-state index in [2.05, 4.69) is 75.3 Å². The van der Waals surface area contributed by atoms with Crippen molar-refractivity contribution in [1.82, 2.24) is 10.2 Å². The molecule has 0 heterocycles. The predicted molar refractivity (Wildman–Crippen MR) is 79.8 cm³/mol. The molecule has 0 spiro atoms. The minimum atomic E-state index is 0.419. The Morgan fingerprint density at radius 1 is 1.11 bits per heavy atom. The zero-order chi connectivity index (χ0) is 13.5. The number of nitrogens with zero attached hydrogens (tertiary/aromatic N) is 1. The van der Waals surface area contributed by atoms with Gasteiger partial charge < -0.3 is 10.2 Å². The molecule has 2 unspecified atom stereocenters. The summed E-state index contributed by atoms with van der Waals surface area (Å²) in [6.45, 7) is 11.1. The first-order valence-electron chi connectivity index (χ1n) is 7.04. The van der Waals surface area contributed by atoms with Gasteiger partial charge in [0.1, 0.15) is 0 Å². The zero-order valence-corrected chi connectivity index (χ0v) is 12.5. The molecule has 0 aliphatic rings. The SMILES string of the molecule is CCNC(CN(C)C(C)C(C)C)c1ccccc1. The number of benzene rings is 1. The van der Waals surface area contributed by atoms with Crippen molar-refractivity contribution >= 4 is 0 Å². The smallest absolute Gasteiger partial charge is 0.0449 e. The summed E-state index contributed by atoms with van der Waals surface area (Å²) in [5.41, 5.74) is 1.38. The van der Waals surface area contributed by atoms with Crippen LogP contribution in [0.1, 0.15) is 39.3 Å². The molecule has 2 heteroatoms. The molecule has 2 nitrogen and oxygen atoms in total. The molecule has 1 N–H and O–H groups in total. The van der Waals surface area contributed by atoms with E-state index in [1.54, 1.807) is 0 Å². The van der Waals surface area contributed by atoms with Crippen molar-refractivity contribution in [2.45, 2.75) is 39.8 Å². The Morgan fingerprint density at radius 2 is 1.72 bits per heavy atom. The highest BCUT2D eigenvalue weighted by atomic mass is 15.2. The molecule has 0 saturated carbocycles. The summed E-state index contributed by atoms with van der Waals surface area (Å²) in [5, 5.41) is 3.58. The molecule has 1 rings (SSSR count). The van der Waals surface area contributed by atoms with E-state index in [1.807, 2.05) is 0 Å². The lowest BCUT2D eigenvalue weighted by Crippen LogP contribution is -2.40. The van der Waals surface area contributed by atoms with E-state index in [4.69, 9.17) is 0 Å². The van der Waals surface area contributed by atoms with Gasteiger partial charge in [-0.15, -0.1) is 0 Å². The Bertz CT molecular complexity index is 321. The maximum atomic E-state index is 3.58. The molecule has 2 atom stereocenters. The number of nitrogens with one attached hydrogen (secondary N) is 1. The molecule has 1 aromatic rings. The van der Waals surface area contributed by atoms with Crippen LogP contribution >= 0.6 is 0 Å². The Labute approximate surface area is 112 Å². The Kier molecular flexibility index (Phi) is 6.37. The first-order valence-corrected chi connectivity index (χ1v) is 7.04. The summed E-state index contributed by atoms with van der Waals surface area (Å²) in [4.78, 5) is 2.45. The minimum Gasteiger partial charge on any atom is -0.309 e. The second-order valence-corrected chi connectivity index (χ2v) is 5.45. The quantitative estimate of drug-likeness (QED) is 0.796. The van der Waals surface area contributed by atoms with Gasteiger partial charge in [0.15, 0.2) is 0 Å². The van der Waals surface area contributed by atoms with Crippen molar-refractivity contribution in [1.29, 1.82) is 0 Å². The van der Waals surface area contributed by atoms with Gasteiger partial charge in [0.2, 0.25) is 0 Å². The van der Waals surface area contributed by atoms with E-state index in [-0.39, 0.29) is 0 Å². The van der Waals surface area contributed by atoms with Crippen LogP contribution < -0.4 is 5.32 Å². The van der Waals surface area contributed by atoms with E-state index in [1.165, 1.54) is 5.56 Å². The highest BCUT2D eigenvalue weighted by Crippen LogP contribution is 2.16. The number of likely N-dealkylation sites (N-methyl/N-ethyl adjacent to an activating group) is 2. The van der Waals surface area contributed by atoms with Gasteiger partial charge in [-0.05, 0) is 32.0 Å². The largest absolute Gasteiger partial charge is 0.309 e. The molecule has 0 amide bonds. The molecule has 18 heavy (non-hydrogen) atoms. The van der Waals surface area contributed by atoms with Crippen molar-refractivity contribution in [3.8, 4) is 0 Å². The average molecular weight is 248 g/mol. The van der Waals surface area contributed by atoms with Gasteiger partial charge in [-0.3, -0.25) is 0 Å². The molecule has 102 valence electrons. The van der Waals surface area contributed by atoms with Crippen LogP contribution in [0.25, 0.3) is 0 Å². The fraction of sp³-hybridized carbons (Fsp3) is 0.625. The lowest BCUT2D eigenvalue weighted by Gasteiger charge is -2.32. The minimum absolute atomic E-state index is 0.419. The molecule has 0 aromatic heterocycles. The van der Waals surface area contributed by atoms with E-state index in [0.29, 0.717) is 18.0 Å². The highest BCUT2D eigenvalue weighted by molar-refractivity contribution is 5.19. The first kappa shape index (κ1) is 15.2. The molecule has 0 saturated heterocycles. The van der Waals surface area contributed by atoms with E-state index < -0.39 is 0 Å². The van der Waals surface area contributed by atoms with Gasteiger partial charge in [-0.1, -0.05) is 51.1 Å². The number of rotatable bonds is 7. The normalized spacial score (nSPS) is 15.1. The lowest BCUT2D eigenvalue weighted by molar-refractivity contribution is 0.188. The molecule has 0 bridgehead atoms. The van der Waals surface area contributed by atoms with Crippen LogP contribution in [0.3, 0.4) is 0 Å². The summed E-state index contributed by atoms with van der Waals surface area (Å²) < 4.78 is 0. The average Bonchev–Trinajstić information content (AvgIpc) is 2.38. The highest BCUT2D eigenvalue weighted by Gasteiger charge is 2.18. The van der Waals surface area contributed by atoms with Crippen LogP contribution in [-0.2, 0) is 0 Å². The van der Waals surface area contributed by atoms with Crippen LogP contribution in [0.5, 0.6) is 0 Å². The first-order chi connectivity index (χ1) is 8.56. The Balaban J connectivity index is 2.69. The van der Waals surface area contributed by atoms with Crippen LogP contribution in [0.2, 0.25) is 0 Å². The third-order valence-electron chi connectivity index (χ3n) is 3.78. The van der Waals surface area contributed by atoms with E-state index >= 15 is 0 Å². The van der Waals surface area contributed by atoms with Crippen LogP contribution in [0, 0.1) is 5.92 Å². The summed E-state index contributed by atoms with van der Waals surface area (Å²) in [7, 11) is 2.22. The molecule has 0 radical (unpaired) electrons. The van der Waals surface area contributed by atoms with Gasteiger partial charge in [0, 0.05) is 18.6 Å². The summed E-state index contributed by atoms with van der Waals surface area (Å²) in [6, 6.07) is 11.8. The summed E-state index contributed by atoms with van der Waals surface area (Å²) in [6.07, 6.45) is 0. The lowest BCUT2D eigenvalue weighted by atomic mass is 10.0. The molecular formula is C16H28N2. The molecule has 0 aliphatic heterocycles. The maximum Gasteiger partial charge on any atom is 0.0449 e. The zero-order valence-electron chi connectivity index (χ0n) is 12.5. The van der Waals surface area contributed by atoms with Crippen LogP contribution in [0.15, 0.2) is 30.3 Å². The fourth-order valence-corrected chi connectivity index (χ4v) is 2.18. The van der Waals surface area contributed by atoms with Crippen LogP contribution in [-0.4, -0.2) is 31.1 Å². The predicted octanol–water partition coefficient (Wildman–Crippen LogP) is 3.31. The second kappa shape index (κ2) is 7.55. The molecule has 1 aromatic carbocycles. The molecule has 0 aliphatic carbocycles. The summed E-state index contributed by atoms with van der Waals surface area (Å²) >= 11 is 0. The number of hydrogen-bond acceptors (Lipinski definition) is 2. The second-order valence-electron chi connectivity index (χ2n) is 5.45.